The van der Waals surface area contributed by atoms with Crippen molar-refractivity contribution in [1.29, 1.82) is 0 Å². The summed E-state index contributed by atoms with van der Waals surface area (Å²) in [5.41, 5.74) is 0. The molecule has 2 saturated heterocycles. The molecule has 2 heterocycles. The summed E-state index contributed by atoms with van der Waals surface area (Å²) in [6.07, 6.45) is 12.0. The van der Waals surface area contributed by atoms with Crippen molar-refractivity contribution in [2.24, 2.45) is 17.8 Å². The number of fused-ring (bicyclic) bond motifs is 2. The molecule has 2 aliphatic heterocycles. The monoisotopic (exact) mass is 276 g/mol. The highest BCUT2D eigenvalue weighted by atomic mass is 15.2. The van der Waals surface area contributed by atoms with Gasteiger partial charge in [-0.3, -0.25) is 4.90 Å². The molecule has 0 amide bonds. The molecule has 0 unspecified atom stereocenters. The van der Waals surface area contributed by atoms with Crippen molar-refractivity contribution in [2.75, 3.05) is 26.2 Å². The van der Waals surface area contributed by atoms with Crippen LogP contribution >= 0.6 is 0 Å². The third kappa shape index (κ3) is 2.54. The molecule has 2 aliphatic carbocycles. The van der Waals surface area contributed by atoms with E-state index in [0.29, 0.717) is 0 Å². The molecule has 4 fully saturated rings. The van der Waals surface area contributed by atoms with Gasteiger partial charge in [-0.05, 0) is 88.9 Å². The van der Waals surface area contributed by atoms with E-state index in [2.05, 4.69) is 16.7 Å². The zero-order chi connectivity index (χ0) is 13.5. The first kappa shape index (κ1) is 13.6. The first-order chi connectivity index (χ1) is 9.79. The summed E-state index contributed by atoms with van der Waals surface area (Å²) in [5, 5.41) is 0. The molecule has 0 radical (unpaired) electrons. The Morgan fingerprint density at radius 2 is 1.40 bits per heavy atom. The Bertz CT molecular complexity index is 326. The van der Waals surface area contributed by atoms with Crippen molar-refractivity contribution < 1.29 is 0 Å². The van der Waals surface area contributed by atoms with Crippen molar-refractivity contribution in [3.8, 4) is 0 Å². The summed E-state index contributed by atoms with van der Waals surface area (Å²) in [5.74, 6) is 3.15. The summed E-state index contributed by atoms with van der Waals surface area (Å²) in [7, 11) is 0. The minimum Gasteiger partial charge on any atom is -0.300 e. The molecule has 114 valence electrons. The van der Waals surface area contributed by atoms with Gasteiger partial charge in [0.15, 0.2) is 0 Å². The molecule has 20 heavy (non-hydrogen) atoms. The number of hydrogen-bond acceptors (Lipinski definition) is 2. The van der Waals surface area contributed by atoms with Gasteiger partial charge in [0.25, 0.3) is 0 Å². The SMILES string of the molecule is CC1CCN(C2CCN([C@@H]3C[C@@H]4CC[C@H]3C4)CC2)CC1. The fourth-order valence-electron chi connectivity index (χ4n) is 5.63. The Morgan fingerprint density at radius 3 is 2.00 bits per heavy atom. The van der Waals surface area contributed by atoms with Crippen LogP contribution in [0.5, 0.6) is 0 Å². The van der Waals surface area contributed by atoms with Crippen LogP contribution in [0.1, 0.15) is 58.3 Å². The molecule has 4 rings (SSSR count). The lowest BCUT2D eigenvalue weighted by atomic mass is 9.90. The molecule has 3 atom stereocenters. The molecule has 0 N–H and O–H groups in total. The zero-order valence-electron chi connectivity index (χ0n) is 13.3. The molecule has 2 saturated carbocycles. The summed E-state index contributed by atoms with van der Waals surface area (Å²) >= 11 is 0. The van der Waals surface area contributed by atoms with Gasteiger partial charge in [0, 0.05) is 12.1 Å². The van der Waals surface area contributed by atoms with Crippen LogP contribution in [0.4, 0.5) is 0 Å². The van der Waals surface area contributed by atoms with E-state index in [4.69, 9.17) is 0 Å². The van der Waals surface area contributed by atoms with Crippen LogP contribution in [0.3, 0.4) is 0 Å². The molecule has 0 aromatic heterocycles. The van der Waals surface area contributed by atoms with Gasteiger partial charge >= 0.3 is 0 Å². The van der Waals surface area contributed by atoms with Gasteiger partial charge in [0.05, 0.1) is 0 Å². The second-order valence-corrected chi connectivity index (χ2v) is 8.23. The van der Waals surface area contributed by atoms with E-state index in [1.807, 2.05) is 0 Å². The predicted molar refractivity (Wildman–Crippen MR) is 83.8 cm³/mol. The maximum absolute atomic E-state index is 2.88. The van der Waals surface area contributed by atoms with E-state index < -0.39 is 0 Å². The van der Waals surface area contributed by atoms with Gasteiger partial charge in [-0.25, -0.2) is 0 Å². The number of piperidine rings is 2. The summed E-state index contributed by atoms with van der Waals surface area (Å²) in [4.78, 5) is 5.70. The van der Waals surface area contributed by atoms with Crippen LogP contribution in [0.25, 0.3) is 0 Å². The van der Waals surface area contributed by atoms with Crippen LogP contribution in [-0.2, 0) is 0 Å². The third-order valence-electron chi connectivity index (χ3n) is 7.00. The Labute approximate surface area is 124 Å². The summed E-state index contributed by atoms with van der Waals surface area (Å²) in [6, 6.07) is 1.90. The van der Waals surface area contributed by atoms with Crippen LogP contribution in [0.15, 0.2) is 0 Å². The molecule has 0 aromatic carbocycles. The highest BCUT2D eigenvalue weighted by molar-refractivity contribution is 4.97. The van der Waals surface area contributed by atoms with E-state index in [-0.39, 0.29) is 0 Å². The maximum Gasteiger partial charge on any atom is 0.0126 e. The summed E-state index contributed by atoms with van der Waals surface area (Å²) < 4.78 is 0. The standard InChI is InChI=1S/C18H32N2/c1-14-4-8-19(9-5-14)17-6-10-20(11-7-17)18-13-15-2-3-16(18)12-15/h14-18H,2-13H2,1H3/t15-,16+,18-/m1/s1. The summed E-state index contributed by atoms with van der Waals surface area (Å²) in [6.45, 7) is 7.96. The van der Waals surface area contributed by atoms with E-state index in [9.17, 15) is 0 Å². The number of rotatable bonds is 2. The van der Waals surface area contributed by atoms with Gasteiger partial charge in [-0.2, -0.15) is 0 Å². The quantitative estimate of drug-likeness (QED) is 0.763. The molecule has 2 heteroatoms. The van der Waals surface area contributed by atoms with E-state index >= 15 is 0 Å². The number of likely N-dealkylation sites (tertiary alicyclic amines) is 2. The van der Waals surface area contributed by atoms with Crippen LogP contribution in [-0.4, -0.2) is 48.1 Å². The van der Waals surface area contributed by atoms with Crippen LogP contribution in [0, 0.1) is 17.8 Å². The molecule has 0 spiro atoms. The predicted octanol–water partition coefficient (Wildman–Crippen LogP) is 3.37. The van der Waals surface area contributed by atoms with Gasteiger partial charge in [0.1, 0.15) is 0 Å². The van der Waals surface area contributed by atoms with Crippen LogP contribution in [0.2, 0.25) is 0 Å². The highest BCUT2D eigenvalue weighted by Gasteiger charge is 2.43. The van der Waals surface area contributed by atoms with Gasteiger partial charge in [-0.1, -0.05) is 13.3 Å². The molecular formula is C18H32N2. The van der Waals surface area contributed by atoms with Gasteiger partial charge in [0.2, 0.25) is 0 Å². The minimum absolute atomic E-state index is 0.914. The van der Waals surface area contributed by atoms with Gasteiger partial charge in [-0.15, -0.1) is 0 Å². The average molecular weight is 276 g/mol. The Kier molecular flexibility index (Phi) is 3.80. The topological polar surface area (TPSA) is 6.48 Å². The van der Waals surface area contributed by atoms with Crippen molar-refractivity contribution in [2.45, 2.75) is 70.4 Å². The van der Waals surface area contributed by atoms with Crippen molar-refractivity contribution >= 4 is 0 Å². The van der Waals surface area contributed by atoms with Crippen molar-refractivity contribution in [1.82, 2.24) is 9.80 Å². The smallest absolute Gasteiger partial charge is 0.0126 e. The Balaban J connectivity index is 1.28. The highest BCUT2D eigenvalue weighted by Crippen LogP contribution is 2.47. The Morgan fingerprint density at radius 1 is 0.700 bits per heavy atom. The minimum atomic E-state index is 0.914. The number of nitrogens with zero attached hydrogens (tertiary/aromatic N) is 2. The molecule has 4 aliphatic rings. The molecular weight excluding hydrogens is 244 g/mol. The average Bonchev–Trinajstić information content (AvgIpc) is 3.11. The maximum atomic E-state index is 2.88. The normalized spacial score (nSPS) is 41.5. The second-order valence-electron chi connectivity index (χ2n) is 8.23. The first-order valence-corrected chi connectivity index (χ1v) is 9.27. The molecule has 2 nitrogen and oxygen atoms in total. The molecule has 0 aromatic rings. The Hall–Kier alpha value is -0.0800. The lowest BCUT2D eigenvalue weighted by Gasteiger charge is -2.44. The van der Waals surface area contributed by atoms with Gasteiger partial charge < -0.3 is 4.90 Å². The van der Waals surface area contributed by atoms with E-state index in [1.165, 1.54) is 58.3 Å². The first-order valence-electron chi connectivity index (χ1n) is 9.27. The van der Waals surface area contributed by atoms with Crippen molar-refractivity contribution in [3.63, 3.8) is 0 Å². The lowest BCUT2D eigenvalue weighted by molar-refractivity contribution is 0.0497. The second kappa shape index (κ2) is 5.61. The lowest BCUT2D eigenvalue weighted by Crippen LogP contribution is -2.50. The number of hydrogen-bond donors (Lipinski definition) is 0. The van der Waals surface area contributed by atoms with E-state index in [0.717, 1.165) is 29.8 Å². The van der Waals surface area contributed by atoms with Crippen LogP contribution < -0.4 is 0 Å². The fourth-order valence-corrected chi connectivity index (χ4v) is 5.63. The zero-order valence-corrected chi connectivity index (χ0v) is 13.3. The van der Waals surface area contributed by atoms with Crippen molar-refractivity contribution in [3.05, 3.63) is 0 Å². The van der Waals surface area contributed by atoms with E-state index in [1.54, 1.807) is 19.3 Å². The fraction of sp³-hybridized carbons (Fsp3) is 1.00. The molecule has 2 bridgehead atoms. The third-order valence-corrected chi connectivity index (χ3v) is 7.00. The largest absolute Gasteiger partial charge is 0.300 e.